The number of rotatable bonds is 9. The van der Waals surface area contributed by atoms with Crippen LogP contribution in [0.4, 0.5) is 0 Å². The number of benzene rings is 1. The van der Waals surface area contributed by atoms with Crippen LogP contribution in [-0.2, 0) is 22.9 Å². The van der Waals surface area contributed by atoms with E-state index in [9.17, 15) is 8.42 Å². The summed E-state index contributed by atoms with van der Waals surface area (Å²) < 4.78 is 23.2. The number of hydrogen-bond acceptors (Lipinski definition) is 4. The van der Waals surface area contributed by atoms with Crippen LogP contribution in [0.2, 0.25) is 0 Å². The van der Waals surface area contributed by atoms with E-state index < -0.39 is 9.84 Å². The van der Waals surface area contributed by atoms with Crippen LogP contribution in [0.3, 0.4) is 0 Å². The van der Waals surface area contributed by atoms with Gasteiger partial charge in [-0.1, -0.05) is 37.6 Å². The predicted octanol–water partition coefficient (Wildman–Crippen LogP) is 2.16. The molecular formula is C20H34N4O2S. The number of piperidine rings is 1. The first kappa shape index (κ1) is 21.7. The molecule has 0 saturated carbocycles. The molecule has 7 heteroatoms. The highest BCUT2D eigenvalue weighted by molar-refractivity contribution is 7.91. The van der Waals surface area contributed by atoms with E-state index in [1.54, 1.807) is 6.92 Å². The Labute approximate surface area is 164 Å². The zero-order valence-electron chi connectivity index (χ0n) is 16.7. The van der Waals surface area contributed by atoms with Gasteiger partial charge in [-0.15, -0.1) is 0 Å². The Bertz CT molecular complexity index is 680. The Morgan fingerprint density at radius 2 is 1.70 bits per heavy atom. The Morgan fingerprint density at radius 1 is 1.04 bits per heavy atom. The van der Waals surface area contributed by atoms with Crippen LogP contribution in [0.25, 0.3) is 0 Å². The van der Waals surface area contributed by atoms with Crippen LogP contribution in [0.5, 0.6) is 0 Å². The molecule has 1 fully saturated rings. The van der Waals surface area contributed by atoms with Gasteiger partial charge in [0.2, 0.25) is 0 Å². The van der Waals surface area contributed by atoms with Gasteiger partial charge in [0.1, 0.15) is 0 Å². The van der Waals surface area contributed by atoms with Gasteiger partial charge in [0.25, 0.3) is 0 Å². The van der Waals surface area contributed by atoms with Gasteiger partial charge in [-0.05, 0) is 44.0 Å². The summed E-state index contributed by atoms with van der Waals surface area (Å²) in [5.41, 5.74) is 2.50. The summed E-state index contributed by atoms with van der Waals surface area (Å²) in [6.45, 7) is 8.78. The molecule has 0 radical (unpaired) electrons. The van der Waals surface area contributed by atoms with E-state index >= 15 is 0 Å². The molecule has 1 heterocycles. The van der Waals surface area contributed by atoms with E-state index in [4.69, 9.17) is 0 Å². The van der Waals surface area contributed by atoms with Crippen molar-refractivity contribution in [3.05, 3.63) is 35.4 Å². The number of nitrogens with zero attached hydrogens (tertiary/aromatic N) is 2. The van der Waals surface area contributed by atoms with E-state index in [1.807, 2.05) is 6.92 Å². The molecule has 1 aliphatic rings. The summed E-state index contributed by atoms with van der Waals surface area (Å²) >= 11 is 0. The van der Waals surface area contributed by atoms with Crippen molar-refractivity contribution in [2.75, 3.05) is 37.7 Å². The van der Waals surface area contributed by atoms with Gasteiger partial charge in [-0.2, -0.15) is 0 Å². The minimum absolute atomic E-state index is 0.124. The van der Waals surface area contributed by atoms with Crippen LogP contribution >= 0.6 is 0 Å². The maximum absolute atomic E-state index is 11.6. The molecule has 0 bridgehead atoms. The fourth-order valence-corrected chi connectivity index (χ4v) is 3.81. The molecule has 1 aromatic carbocycles. The Hall–Kier alpha value is -1.60. The summed E-state index contributed by atoms with van der Waals surface area (Å²) in [5, 5.41) is 6.26. The average molecular weight is 395 g/mol. The molecule has 1 aliphatic heterocycles. The number of guanidine groups is 1. The molecule has 0 spiro atoms. The second-order valence-electron chi connectivity index (χ2n) is 7.01. The van der Waals surface area contributed by atoms with Crippen molar-refractivity contribution in [2.24, 2.45) is 4.99 Å². The van der Waals surface area contributed by atoms with Crippen molar-refractivity contribution in [3.63, 3.8) is 0 Å². The predicted molar refractivity (Wildman–Crippen MR) is 113 cm³/mol. The van der Waals surface area contributed by atoms with Crippen molar-refractivity contribution in [1.82, 2.24) is 15.5 Å². The highest BCUT2D eigenvalue weighted by Crippen LogP contribution is 2.14. The number of sulfone groups is 1. The van der Waals surface area contributed by atoms with Gasteiger partial charge < -0.3 is 10.6 Å². The monoisotopic (exact) mass is 394 g/mol. The summed E-state index contributed by atoms with van der Waals surface area (Å²) in [6, 6.07) is 8.64. The second kappa shape index (κ2) is 11.3. The van der Waals surface area contributed by atoms with Crippen LogP contribution in [0, 0.1) is 0 Å². The molecule has 0 atom stereocenters. The lowest BCUT2D eigenvalue weighted by Gasteiger charge is -2.26. The molecule has 0 aromatic heterocycles. The topological polar surface area (TPSA) is 73.8 Å². The van der Waals surface area contributed by atoms with Gasteiger partial charge in [0.05, 0.1) is 12.3 Å². The molecule has 2 rings (SSSR count). The number of likely N-dealkylation sites (tertiary alicyclic amines) is 1. The summed E-state index contributed by atoms with van der Waals surface area (Å²) in [5.74, 6) is 0.951. The highest BCUT2D eigenvalue weighted by atomic mass is 32.2. The van der Waals surface area contributed by atoms with E-state index in [0.29, 0.717) is 19.0 Å². The van der Waals surface area contributed by atoms with Crippen molar-refractivity contribution in [3.8, 4) is 0 Å². The van der Waals surface area contributed by atoms with Gasteiger partial charge in [-0.3, -0.25) is 4.90 Å². The van der Waals surface area contributed by atoms with E-state index in [1.165, 1.54) is 37.9 Å². The Morgan fingerprint density at radius 3 is 2.33 bits per heavy atom. The second-order valence-corrected chi connectivity index (χ2v) is 9.48. The zero-order valence-corrected chi connectivity index (χ0v) is 17.5. The number of nitrogens with one attached hydrogen (secondary N) is 2. The smallest absolute Gasteiger partial charge is 0.191 e. The molecular weight excluding hydrogens is 360 g/mol. The lowest BCUT2D eigenvalue weighted by atomic mass is 10.1. The van der Waals surface area contributed by atoms with E-state index in [-0.39, 0.29) is 11.5 Å². The van der Waals surface area contributed by atoms with Crippen LogP contribution in [0.1, 0.15) is 44.2 Å². The molecule has 1 saturated heterocycles. The van der Waals surface area contributed by atoms with Gasteiger partial charge in [-0.25, -0.2) is 13.4 Å². The molecule has 1 aromatic rings. The molecule has 152 valence electrons. The standard InChI is InChI=1S/C20H34N4O2S/c1-3-21-20(22-12-15-27(25,26)4-2)23-16-18-8-10-19(11-9-18)17-24-13-6-5-7-14-24/h8-11H,3-7,12-17H2,1-2H3,(H2,21,22,23). The normalized spacial score (nSPS) is 16.3. The largest absolute Gasteiger partial charge is 0.357 e. The van der Waals surface area contributed by atoms with Crippen molar-refractivity contribution < 1.29 is 8.42 Å². The van der Waals surface area contributed by atoms with Gasteiger partial charge >= 0.3 is 0 Å². The minimum Gasteiger partial charge on any atom is -0.357 e. The first-order valence-electron chi connectivity index (χ1n) is 10.0. The van der Waals surface area contributed by atoms with E-state index in [0.717, 1.165) is 18.7 Å². The molecule has 6 nitrogen and oxygen atoms in total. The zero-order chi connectivity index (χ0) is 19.5. The molecule has 0 amide bonds. The third-order valence-corrected chi connectivity index (χ3v) is 6.49. The average Bonchev–Trinajstić information content (AvgIpc) is 2.68. The first-order chi connectivity index (χ1) is 13.0. The SMILES string of the molecule is CCNC(=NCc1ccc(CN2CCCCC2)cc1)NCCS(=O)(=O)CC. The first-order valence-corrected chi connectivity index (χ1v) is 11.9. The van der Waals surface area contributed by atoms with E-state index in [2.05, 4.69) is 44.8 Å². The molecule has 2 N–H and O–H groups in total. The number of hydrogen-bond donors (Lipinski definition) is 2. The maximum atomic E-state index is 11.6. The molecule has 0 aliphatic carbocycles. The summed E-state index contributed by atoms with van der Waals surface area (Å²) in [4.78, 5) is 7.09. The van der Waals surface area contributed by atoms with Crippen molar-refractivity contribution in [1.29, 1.82) is 0 Å². The fraction of sp³-hybridized carbons (Fsp3) is 0.650. The minimum atomic E-state index is -2.96. The Kier molecular flexibility index (Phi) is 9.07. The van der Waals surface area contributed by atoms with Crippen molar-refractivity contribution >= 4 is 15.8 Å². The summed E-state index contributed by atoms with van der Waals surface area (Å²) in [7, 11) is -2.96. The fourth-order valence-electron chi connectivity index (χ4n) is 3.11. The third-order valence-electron chi connectivity index (χ3n) is 4.79. The summed E-state index contributed by atoms with van der Waals surface area (Å²) in [6.07, 6.45) is 3.99. The molecule has 0 unspecified atom stereocenters. The molecule has 27 heavy (non-hydrogen) atoms. The van der Waals surface area contributed by atoms with Gasteiger partial charge in [0.15, 0.2) is 15.8 Å². The quantitative estimate of drug-likeness (QED) is 0.496. The van der Waals surface area contributed by atoms with Crippen molar-refractivity contribution in [2.45, 2.75) is 46.2 Å². The maximum Gasteiger partial charge on any atom is 0.191 e. The lowest BCUT2D eigenvalue weighted by Crippen LogP contribution is -2.39. The Balaban J connectivity index is 1.84. The highest BCUT2D eigenvalue weighted by Gasteiger charge is 2.10. The van der Waals surface area contributed by atoms with Gasteiger partial charge in [0, 0.05) is 25.4 Å². The van der Waals surface area contributed by atoms with Crippen LogP contribution < -0.4 is 10.6 Å². The lowest BCUT2D eigenvalue weighted by molar-refractivity contribution is 0.221. The number of aliphatic imine (C=N–C) groups is 1. The van der Waals surface area contributed by atoms with Crippen LogP contribution in [-0.4, -0.2) is 57.0 Å². The third kappa shape index (κ3) is 8.30. The van der Waals surface area contributed by atoms with Crippen LogP contribution in [0.15, 0.2) is 29.3 Å².